The van der Waals surface area contributed by atoms with E-state index >= 15 is 0 Å². The number of sulfonamides is 1. The summed E-state index contributed by atoms with van der Waals surface area (Å²) >= 11 is 0. The summed E-state index contributed by atoms with van der Waals surface area (Å²) in [7, 11) is -3.52. The number of hydrogen-bond donors (Lipinski definition) is 3. The average molecular weight is 527 g/mol. The summed E-state index contributed by atoms with van der Waals surface area (Å²) < 4.78 is 31.5. The molecule has 1 saturated heterocycles. The van der Waals surface area contributed by atoms with Gasteiger partial charge in [-0.1, -0.05) is 18.2 Å². The van der Waals surface area contributed by atoms with E-state index in [0.29, 0.717) is 37.3 Å². The first-order valence-corrected chi connectivity index (χ1v) is 13.7. The highest BCUT2D eigenvalue weighted by Gasteiger charge is 2.41. The minimum absolute atomic E-state index is 0.0640. The number of aryl methyl sites for hydroxylation is 1. The number of carbonyl (C=O) groups is 2. The van der Waals surface area contributed by atoms with Gasteiger partial charge in [0.05, 0.1) is 23.7 Å². The van der Waals surface area contributed by atoms with Crippen LogP contribution in [0.4, 0.5) is 0 Å². The van der Waals surface area contributed by atoms with Gasteiger partial charge in [-0.2, -0.15) is 4.31 Å². The molecule has 1 aliphatic rings. The summed E-state index contributed by atoms with van der Waals surface area (Å²) in [5.41, 5.74) is 3.55. The Morgan fingerprint density at radius 2 is 1.89 bits per heavy atom. The normalized spacial score (nSPS) is 18.4. The second kappa shape index (κ2) is 10.8. The standard InChI is InChI=1S/C26H30N4O6S/c1-18-14-20(22-6-3-4-7-23(22)27-18)16-36-21-10-8-19(9-11-21)25(32)28-26(15-24(31)29-33)12-5-13-30(17-26)37(2,34)35/h3-4,6-11,14,33H,5,12-13,15-17H2,1-2H3,(H,28,32)(H,29,31). The fourth-order valence-electron chi connectivity index (χ4n) is 4.70. The highest BCUT2D eigenvalue weighted by molar-refractivity contribution is 7.88. The number of hydroxylamine groups is 1. The molecule has 1 aromatic heterocycles. The van der Waals surface area contributed by atoms with Gasteiger partial charge in [0, 0.05) is 35.3 Å². The van der Waals surface area contributed by atoms with Crippen LogP contribution in [0.1, 0.15) is 40.9 Å². The van der Waals surface area contributed by atoms with Gasteiger partial charge in [-0.25, -0.2) is 13.9 Å². The van der Waals surface area contributed by atoms with Crippen molar-refractivity contribution >= 4 is 32.7 Å². The van der Waals surface area contributed by atoms with Crippen molar-refractivity contribution in [1.29, 1.82) is 0 Å². The Labute approximate surface area is 215 Å². The van der Waals surface area contributed by atoms with Crippen LogP contribution < -0.4 is 15.5 Å². The summed E-state index contributed by atoms with van der Waals surface area (Å²) in [5, 5.41) is 12.9. The molecule has 1 atom stereocenters. The van der Waals surface area contributed by atoms with E-state index in [9.17, 15) is 18.0 Å². The lowest BCUT2D eigenvalue weighted by Crippen LogP contribution is -2.61. The van der Waals surface area contributed by atoms with Crippen molar-refractivity contribution in [3.05, 3.63) is 71.4 Å². The zero-order valence-electron chi connectivity index (χ0n) is 20.7. The van der Waals surface area contributed by atoms with E-state index in [1.165, 1.54) is 4.31 Å². The Bertz CT molecular complexity index is 1410. The first-order valence-electron chi connectivity index (χ1n) is 11.9. The van der Waals surface area contributed by atoms with Gasteiger partial charge in [0.2, 0.25) is 15.9 Å². The third-order valence-electron chi connectivity index (χ3n) is 6.45. The molecule has 37 heavy (non-hydrogen) atoms. The number of carbonyl (C=O) groups excluding carboxylic acids is 2. The molecule has 4 rings (SSSR count). The van der Waals surface area contributed by atoms with Gasteiger partial charge in [0.1, 0.15) is 12.4 Å². The molecule has 1 unspecified atom stereocenters. The summed E-state index contributed by atoms with van der Waals surface area (Å²) in [6, 6.07) is 16.4. The molecule has 2 heterocycles. The number of para-hydroxylation sites is 1. The summed E-state index contributed by atoms with van der Waals surface area (Å²) in [5.74, 6) is -0.591. The van der Waals surface area contributed by atoms with Crippen LogP contribution in [0, 0.1) is 6.92 Å². The molecule has 11 heteroatoms. The van der Waals surface area contributed by atoms with Crippen molar-refractivity contribution < 1.29 is 28.0 Å². The number of ether oxygens (including phenoxy) is 1. The number of hydrogen-bond acceptors (Lipinski definition) is 7. The topological polar surface area (TPSA) is 138 Å². The Hall–Kier alpha value is -3.54. The van der Waals surface area contributed by atoms with Crippen molar-refractivity contribution in [2.75, 3.05) is 19.3 Å². The number of nitrogens with one attached hydrogen (secondary N) is 2. The van der Waals surface area contributed by atoms with Gasteiger partial charge >= 0.3 is 0 Å². The van der Waals surface area contributed by atoms with Crippen molar-refractivity contribution in [2.45, 2.75) is 38.3 Å². The van der Waals surface area contributed by atoms with Crippen LogP contribution in [0.3, 0.4) is 0 Å². The van der Waals surface area contributed by atoms with Crippen LogP contribution in [0.25, 0.3) is 10.9 Å². The number of nitrogens with zero attached hydrogens (tertiary/aromatic N) is 2. The van der Waals surface area contributed by atoms with Crippen LogP contribution >= 0.6 is 0 Å². The molecule has 196 valence electrons. The van der Waals surface area contributed by atoms with Gasteiger partial charge < -0.3 is 10.1 Å². The van der Waals surface area contributed by atoms with E-state index in [4.69, 9.17) is 9.94 Å². The molecule has 3 N–H and O–H groups in total. The molecule has 0 radical (unpaired) electrons. The molecule has 10 nitrogen and oxygen atoms in total. The number of amides is 2. The maximum atomic E-state index is 13.1. The third-order valence-corrected chi connectivity index (χ3v) is 7.70. The fourth-order valence-corrected chi connectivity index (χ4v) is 5.64. The van der Waals surface area contributed by atoms with Gasteiger partial charge in [-0.3, -0.25) is 19.8 Å². The quantitative estimate of drug-likeness (QED) is 0.303. The van der Waals surface area contributed by atoms with E-state index in [0.717, 1.165) is 28.4 Å². The Kier molecular flexibility index (Phi) is 7.76. The van der Waals surface area contributed by atoms with Crippen LogP contribution in [0.2, 0.25) is 0 Å². The smallest absolute Gasteiger partial charge is 0.251 e. The molecule has 2 amide bonds. The van der Waals surface area contributed by atoms with Crippen molar-refractivity contribution in [1.82, 2.24) is 20.1 Å². The van der Waals surface area contributed by atoms with Gasteiger partial charge in [0.25, 0.3) is 5.91 Å². The molecule has 0 bridgehead atoms. The first kappa shape index (κ1) is 26.5. The molecule has 2 aromatic carbocycles. The lowest BCUT2D eigenvalue weighted by atomic mass is 9.86. The van der Waals surface area contributed by atoms with Crippen molar-refractivity contribution in [2.24, 2.45) is 0 Å². The van der Waals surface area contributed by atoms with Gasteiger partial charge in [0.15, 0.2) is 0 Å². The molecular formula is C26H30N4O6S. The maximum absolute atomic E-state index is 13.1. The molecule has 1 fully saturated rings. The molecule has 3 aromatic rings. The second-order valence-corrected chi connectivity index (χ2v) is 11.4. The average Bonchev–Trinajstić information content (AvgIpc) is 2.87. The number of benzene rings is 2. The first-order chi connectivity index (χ1) is 17.6. The minimum Gasteiger partial charge on any atom is -0.489 e. The van der Waals surface area contributed by atoms with Crippen LogP contribution in [0.15, 0.2) is 54.6 Å². The molecule has 0 spiro atoms. The molecule has 0 saturated carbocycles. The third kappa shape index (κ3) is 6.43. The second-order valence-electron chi connectivity index (χ2n) is 9.40. The predicted molar refractivity (Wildman–Crippen MR) is 138 cm³/mol. The summed E-state index contributed by atoms with van der Waals surface area (Å²) in [6.45, 7) is 2.50. The molecule has 1 aliphatic heterocycles. The molecular weight excluding hydrogens is 496 g/mol. The SMILES string of the molecule is Cc1cc(COc2ccc(C(=O)NC3(CC(=O)NO)CCCN(S(C)(=O)=O)C3)cc2)c2ccccc2n1. The highest BCUT2D eigenvalue weighted by Crippen LogP contribution is 2.27. The highest BCUT2D eigenvalue weighted by atomic mass is 32.2. The van der Waals surface area contributed by atoms with Crippen LogP contribution in [0.5, 0.6) is 5.75 Å². The summed E-state index contributed by atoms with van der Waals surface area (Å²) in [4.78, 5) is 29.6. The maximum Gasteiger partial charge on any atom is 0.251 e. The van der Waals surface area contributed by atoms with E-state index in [2.05, 4.69) is 10.3 Å². The zero-order valence-corrected chi connectivity index (χ0v) is 21.5. The lowest BCUT2D eigenvalue weighted by Gasteiger charge is -2.42. The zero-order chi connectivity index (χ0) is 26.6. The van der Waals surface area contributed by atoms with Crippen LogP contribution in [-0.4, -0.2) is 59.6 Å². The van der Waals surface area contributed by atoms with Crippen LogP contribution in [-0.2, 0) is 21.4 Å². The van der Waals surface area contributed by atoms with Gasteiger partial charge in [-0.15, -0.1) is 0 Å². The van der Waals surface area contributed by atoms with E-state index < -0.39 is 27.4 Å². The number of fused-ring (bicyclic) bond motifs is 1. The Morgan fingerprint density at radius 1 is 1.16 bits per heavy atom. The van der Waals surface area contributed by atoms with Crippen molar-refractivity contribution in [3.63, 3.8) is 0 Å². The Morgan fingerprint density at radius 3 is 2.59 bits per heavy atom. The largest absolute Gasteiger partial charge is 0.489 e. The number of pyridine rings is 1. The minimum atomic E-state index is -3.52. The van der Waals surface area contributed by atoms with E-state index in [-0.39, 0.29) is 13.0 Å². The van der Waals surface area contributed by atoms with Gasteiger partial charge in [-0.05, 0) is 56.2 Å². The predicted octanol–water partition coefficient (Wildman–Crippen LogP) is 2.54. The van der Waals surface area contributed by atoms with Crippen molar-refractivity contribution in [3.8, 4) is 5.75 Å². The monoisotopic (exact) mass is 526 g/mol. The number of rotatable bonds is 8. The lowest BCUT2D eigenvalue weighted by molar-refractivity contribution is -0.131. The number of piperidine rings is 1. The Balaban J connectivity index is 1.47. The van der Waals surface area contributed by atoms with E-state index in [1.54, 1.807) is 29.7 Å². The fraction of sp³-hybridized carbons (Fsp3) is 0.346. The van der Waals surface area contributed by atoms with E-state index in [1.807, 2.05) is 37.3 Å². The molecule has 0 aliphatic carbocycles. The number of aromatic nitrogens is 1. The summed E-state index contributed by atoms with van der Waals surface area (Å²) in [6.07, 6.45) is 1.67.